The van der Waals surface area contributed by atoms with E-state index in [9.17, 15) is 14.4 Å². The highest BCUT2D eigenvalue weighted by atomic mass is 35.5. The quantitative estimate of drug-likeness (QED) is 0.624. The maximum Gasteiger partial charge on any atom is 0.323 e. The van der Waals surface area contributed by atoms with Crippen LogP contribution in [0.2, 0.25) is 5.02 Å². The third kappa shape index (κ3) is 1.81. The summed E-state index contributed by atoms with van der Waals surface area (Å²) in [6.45, 7) is 0.578. The first-order valence-electron chi connectivity index (χ1n) is 6.25. The summed E-state index contributed by atoms with van der Waals surface area (Å²) in [7, 11) is 1.52. The van der Waals surface area contributed by atoms with Crippen molar-refractivity contribution in [1.82, 2.24) is 10.6 Å². The van der Waals surface area contributed by atoms with Crippen LogP contribution in [-0.2, 0) is 19.9 Å². The second-order valence-corrected chi connectivity index (χ2v) is 5.21. The molecule has 7 nitrogen and oxygen atoms in total. The van der Waals surface area contributed by atoms with Crippen molar-refractivity contribution >= 4 is 35.1 Å². The summed E-state index contributed by atoms with van der Waals surface area (Å²) in [4.78, 5) is 37.8. The number of anilines is 1. The number of methoxy groups -OCH3 is 1. The minimum absolute atomic E-state index is 0.273. The lowest BCUT2D eigenvalue weighted by Gasteiger charge is -2.20. The Hall–Kier alpha value is -2.12. The Morgan fingerprint density at radius 2 is 2.10 bits per heavy atom. The van der Waals surface area contributed by atoms with E-state index in [4.69, 9.17) is 16.3 Å². The number of hydrogen-bond donors (Lipinski definition) is 2. The summed E-state index contributed by atoms with van der Waals surface area (Å²) in [5.41, 5.74) is -0.816. The molecular formula is C13H12ClN3O4. The van der Waals surface area contributed by atoms with Gasteiger partial charge in [0.1, 0.15) is 0 Å². The van der Waals surface area contributed by atoms with Gasteiger partial charge in [0.25, 0.3) is 11.8 Å². The molecule has 1 fully saturated rings. The molecule has 2 N–H and O–H groups in total. The van der Waals surface area contributed by atoms with Gasteiger partial charge in [-0.25, -0.2) is 4.79 Å². The normalized spacial score (nSPS) is 23.5. The van der Waals surface area contributed by atoms with Gasteiger partial charge in [-0.1, -0.05) is 11.6 Å². The van der Waals surface area contributed by atoms with Gasteiger partial charge in [0, 0.05) is 24.2 Å². The molecule has 8 heteroatoms. The first-order chi connectivity index (χ1) is 10.0. The molecule has 1 unspecified atom stereocenters. The van der Waals surface area contributed by atoms with E-state index in [1.807, 2.05) is 0 Å². The lowest BCUT2D eigenvalue weighted by Crippen LogP contribution is -2.52. The molecule has 1 aromatic rings. The van der Waals surface area contributed by atoms with Crippen molar-refractivity contribution in [2.75, 3.05) is 25.2 Å². The summed E-state index contributed by atoms with van der Waals surface area (Å²) in [5, 5.41) is 4.91. The van der Waals surface area contributed by atoms with E-state index < -0.39 is 23.4 Å². The summed E-state index contributed by atoms with van der Waals surface area (Å²) in [5.74, 6) is -1.21. The molecule has 2 aliphatic heterocycles. The number of fused-ring (bicyclic) bond motifs is 2. The van der Waals surface area contributed by atoms with Gasteiger partial charge >= 0.3 is 6.03 Å². The molecular weight excluding hydrogens is 298 g/mol. The number of carbonyl (C=O) groups excluding carboxylic acids is 3. The zero-order chi connectivity index (χ0) is 15.2. The fourth-order valence-electron chi connectivity index (χ4n) is 2.67. The van der Waals surface area contributed by atoms with E-state index >= 15 is 0 Å². The van der Waals surface area contributed by atoms with E-state index in [0.29, 0.717) is 22.9 Å². The van der Waals surface area contributed by atoms with Gasteiger partial charge in [-0.3, -0.25) is 14.9 Å². The van der Waals surface area contributed by atoms with Crippen LogP contribution in [0.5, 0.6) is 0 Å². The summed E-state index contributed by atoms with van der Waals surface area (Å²) < 4.78 is 4.98. The number of amides is 4. The largest absolute Gasteiger partial charge is 0.383 e. The minimum atomic E-state index is -1.73. The van der Waals surface area contributed by atoms with Crippen LogP contribution in [-0.4, -0.2) is 38.1 Å². The fourth-order valence-corrected chi connectivity index (χ4v) is 2.84. The van der Waals surface area contributed by atoms with Gasteiger partial charge in [0.05, 0.1) is 12.3 Å². The highest BCUT2D eigenvalue weighted by molar-refractivity contribution is 6.32. The molecule has 1 aromatic carbocycles. The van der Waals surface area contributed by atoms with Crippen molar-refractivity contribution in [3.05, 3.63) is 28.8 Å². The van der Waals surface area contributed by atoms with E-state index in [0.717, 1.165) is 0 Å². The lowest BCUT2D eigenvalue weighted by molar-refractivity contribution is -0.134. The number of ether oxygens (including phenoxy) is 1. The van der Waals surface area contributed by atoms with Crippen LogP contribution in [0.3, 0.4) is 0 Å². The van der Waals surface area contributed by atoms with Crippen molar-refractivity contribution < 1.29 is 19.1 Å². The topological polar surface area (TPSA) is 87.7 Å². The van der Waals surface area contributed by atoms with E-state index in [1.54, 1.807) is 12.1 Å². The molecule has 1 atom stereocenters. The van der Waals surface area contributed by atoms with Gasteiger partial charge in [0.2, 0.25) is 5.54 Å². The van der Waals surface area contributed by atoms with Gasteiger partial charge in [-0.2, -0.15) is 0 Å². The monoisotopic (exact) mass is 309 g/mol. The van der Waals surface area contributed by atoms with Crippen LogP contribution in [0.1, 0.15) is 5.56 Å². The lowest BCUT2D eigenvalue weighted by atomic mass is 9.91. The number of nitrogens with zero attached hydrogens (tertiary/aromatic N) is 1. The van der Waals surface area contributed by atoms with Crippen LogP contribution in [0, 0.1) is 0 Å². The van der Waals surface area contributed by atoms with Crippen molar-refractivity contribution in [1.29, 1.82) is 0 Å². The van der Waals surface area contributed by atoms with E-state index in [-0.39, 0.29) is 6.54 Å². The number of hydrogen-bond acceptors (Lipinski definition) is 4. The smallest absolute Gasteiger partial charge is 0.323 e. The third-order valence-corrected chi connectivity index (χ3v) is 3.84. The van der Waals surface area contributed by atoms with Crippen molar-refractivity contribution in [2.45, 2.75) is 5.54 Å². The highest BCUT2D eigenvalue weighted by Gasteiger charge is 2.61. The summed E-state index contributed by atoms with van der Waals surface area (Å²) in [6.07, 6.45) is 0. The van der Waals surface area contributed by atoms with Crippen molar-refractivity contribution in [3.8, 4) is 0 Å². The predicted molar refractivity (Wildman–Crippen MR) is 74.0 cm³/mol. The molecule has 2 heterocycles. The number of carbonyl (C=O) groups is 3. The molecule has 0 radical (unpaired) electrons. The number of imide groups is 1. The highest BCUT2D eigenvalue weighted by Crippen LogP contribution is 2.43. The van der Waals surface area contributed by atoms with Crippen LogP contribution >= 0.6 is 11.6 Å². The Balaban J connectivity index is 2.15. The van der Waals surface area contributed by atoms with Crippen molar-refractivity contribution in [2.24, 2.45) is 0 Å². The van der Waals surface area contributed by atoms with Crippen molar-refractivity contribution in [3.63, 3.8) is 0 Å². The molecule has 0 aliphatic carbocycles. The van der Waals surface area contributed by atoms with E-state index in [1.165, 1.54) is 18.1 Å². The van der Waals surface area contributed by atoms with Gasteiger partial charge < -0.3 is 15.0 Å². The molecule has 1 spiro atoms. The van der Waals surface area contributed by atoms with E-state index in [2.05, 4.69) is 10.6 Å². The first kappa shape index (κ1) is 13.8. The third-order valence-electron chi connectivity index (χ3n) is 3.61. The minimum Gasteiger partial charge on any atom is -0.383 e. The molecule has 0 bridgehead atoms. The zero-order valence-electron chi connectivity index (χ0n) is 11.1. The Bertz CT molecular complexity index is 663. The Morgan fingerprint density at radius 1 is 1.33 bits per heavy atom. The van der Waals surface area contributed by atoms with Crippen LogP contribution in [0.15, 0.2) is 18.2 Å². The molecule has 1 saturated heterocycles. The standard InChI is InChI=1S/C13H12ClN3O4/c1-21-5-4-17-9-3-2-7(14)6-8(9)13(11(17)19)10(18)15-12(20)16-13/h2-3,6H,4-5H2,1H3,(H2,15,16,18,20). The predicted octanol–water partition coefficient (Wildman–Crippen LogP) is 0.368. The molecule has 0 aromatic heterocycles. The molecule has 0 saturated carbocycles. The second kappa shape index (κ2) is 4.71. The van der Waals surface area contributed by atoms with Crippen LogP contribution in [0.4, 0.5) is 10.5 Å². The second-order valence-electron chi connectivity index (χ2n) is 4.77. The summed E-state index contributed by atoms with van der Waals surface area (Å²) in [6, 6.07) is 4.10. The zero-order valence-corrected chi connectivity index (χ0v) is 11.9. The van der Waals surface area contributed by atoms with Crippen LogP contribution in [0.25, 0.3) is 0 Å². The van der Waals surface area contributed by atoms with Gasteiger partial charge in [0.15, 0.2) is 0 Å². The molecule has 2 aliphatic rings. The SMILES string of the molecule is COCCN1C(=O)C2(NC(=O)NC2=O)c2cc(Cl)ccc21. The van der Waals surface area contributed by atoms with Gasteiger partial charge in [-0.05, 0) is 18.2 Å². The maximum absolute atomic E-state index is 12.7. The van der Waals surface area contributed by atoms with Crippen LogP contribution < -0.4 is 15.5 Å². The Labute approximate surface area is 125 Å². The number of halogens is 1. The fraction of sp³-hybridized carbons (Fsp3) is 0.308. The average molecular weight is 310 g/mol. The molecule has 4 amide bonds. The molecule has 3 rings (SSSR count). The number of benzene rings is 1. The average Bonchev–Trinajstić information content (AvgIpc) is 2.86. The number of rotatable bonds is 3. The molecule has 21 heavy (non-hydrogen) atoms. The summed E-state index contributed by atoms with van der Waals surface area (Å²) >= 11 is 5.97. The first-order valence-corrected chi connectivity index (χ1v) is 6.63. The number of nitrogens with one attached hydrogen (secondary N) is 2. The Morgan fingerprint density at radius 3 is 2.71 bits per heavy atom. The molecule has 110 valence electrons. The maximum atomic E-state index is 12.7. The number of urea groups is 1. The van der Waals surface area contributed by atoms with Gasteiger partial charge in [-0.15, -0.1) is 0 Å². The Kier molecular flexibility index (Phi) is 3.11.